The molecule has 2 aromatic heterocycles. The van der Waals surface area contributed by atoms with Crippen LogP contribution in [0.2, 0.25) is 0 Å². The van der Waals surface area contributed by atoms with Crippen LogP contribution in [0.15, 0.2) is 42.5 Å². The van der Waals surface area contributed by atoms with E-state index in [1.165, 1.54) is 25.7 Å². The molecule has 10 heteroatoms. The van der Waals surface area contributed by atoms with Gasteiger partial charge in [0.1, 0.15) is 5.69 Å². The smallest absolute Gasteiger partial charge is 0.272 e. The minimum absolute atomic E-state index is 0.0210. The molecule has 0 atom stereocenters. The maximum atomic E-state index is 13.1. The van der Waals surface area contributed by atoms with Gasteiger partial charge < -0.3 is 15.6 Å². The molecule has 0 bridgehead atoms. The van der Waals surface area contributed by atoms with Gasteiger partial charge in [0.05, 0.1) is 28.5 Å². The number of nitrogens with one attached hydrogen (secondary N) is 4. The lowest BCUT2D eigenvalue weighted by Crippen LogP contribution is -2.14. The Morgan fingerprint density at radius 3 is 2.71 bits per heavy atom. The molecule has 4 aromatic rings. The Morgan fingerprint density at radius 1 is 1.09 bits per heavy atom. The Bertz CT molecular complexity index is 1410. The Labute approximate surface area is 201 Å². The summed E-state index contributed by atoms with van der Waals surface area (Å²) in [5.41, 5.74) is 2.97. The van der Waals surface area contributed by atoms with E-state index in [9.17, 15) is 14.9 Å². The van der Waals surface area contributed by atoms with E-state index in [2.05, 4.69) is 42.3 Å². The summed E-state index contributed by atoms with van der Waals surface area (Å²) in [7, 11) is 0. The number of aromatic amines is 2. The molecule has 0 spiro atoms. The fourth-order valence-corrected chi connectivity index (χ4v) is 4.60. The summed E-state index contributed by atoms with van der Waals surface area (Å²) in [5, 5.41) is 29.7. The zero-order chi connectivity index (χ0) is 24.2. The van der Waals surface area contributed by atoms with Crippen molar-refractivity contribution in [3.8, 4) is 17.5 Å². The van der Waals surface area contributed by atoms with Gasteiger partial charge in [0.25, 0.3) is 5.91 Å². The number of rotatable bonds is 7. The van der Waals surface area contributed by atoms with Gasteiger partial charge in [0, 0.05) is 17.4 Å². The van der Waals surface area contributed by atoms with Crippen LogP contribution >= 0.6 is 0 Å². The van der Waals surface area contributed by atoms with Crippen molar-refractivity contribution in [1.29, 1.82) is 5.26 Å². The van der Waals surface area contributed by atoms with Crippen molar-refractivity contribution < 1.29 is 9.59 Å². The minimum atomic E-state index is -0.380. The lowest BCUT2D eigenvalue weighted by atomic mass is 10.0. The average molecular weight is 469 g/mol. The van der Waals surface area contributed by atoms with E-state index in [0.717, 1.165) is 11.8 Å². The van der Waals surface area contributed by atoms with Gasteiger partial charge in [-0.3, -0.25) is 9.59 Å². The first kappa shape index (κ1) is 22.3. The zero-order valence-corrected chi connectivity index (χ0v) is 19.0. The lowest BCUT2D eigenvalue weighted by Gasteiger charge is -2.10. The molecule has 5 rings (SSSR count). The molecule has 1 fully saturated rings. The molecule has 2 heterocycles. The van der Waals surface area contributed by atoms with Crippen LogP contribution in [-0.4, -0.2) is 37.4 Å². The summed E-state index contributed by atoms with van der Waals surface area (Å²) < 4.78 is 0. The van der Waals surface area contributed by atoms with Crippen molar-refractivity contribution in [3.63, 3.8) is 0 Å². The topological polar surface area (TPSA) is 152 Å². The van der Waals surface area contributed by atoms with Crippen molar-refractivity contribution >= 4 is 34.1 Å². The van der Waals surface area contributed by atoms with E-state index >= 15 is 0 Å². The second kappa shape index (κ2) is 9.77. The molecule has 35 heavy (non-hydrogen) atoms. The molecule has 1 saturated carbocycles. The van der Waals surface area contributed by atoms with Crippen molar-refractivity contribution in [2.24, 2.45) is 5.92 Å². The normalized spacial score (nSPS) is 13.6. The van der Waals surface area contributed by atoms with Crippen LogP contribution in [0.5, 0.6) is 0 Å². The summed E-state index contributed by atoms with van der Waals surface area (Å²) in [5.74, 6) is 0.509. The lowest BCUT2D eigenvalue weighted by molar-refractivity contribution is -0.116. The van der Waals surface area contributed by atoms with Crippen molar-refractivity contribution in [2.45, 2.75) is 38.5 Å². The summed E-state index contributed by atoms with van der Waals surface area (Å²) >= 11 is 0. The van der Waals surface area contributed by atoms with Gasteiger partial charge >= 0.3 is 0 Å². The highest BCUT2D eigenvalue weighted by Gasteiger charge is 2.18. The number of tetrazole rings is 1. The summed E-state index contributed by atoms with van der Waals surface area (Å²) in [4.78, 5) is 28.8. The van der Waals surface area contributed by atoms with Gasteiger partial charge in [-0.1, -0.05) is 37.8 Å². The Morgan fingerprint density at radius 2 is 1.94 bits per heavy atom. The molecule has 2 amide bonds. The number of benzene rings is 2. The van der Waals surface area contributed by atoms with Gasteiger partial charge in [-0.25, -0.2) is 0 Å². The number of carbonyl (C=O) groups excluding carboxylic acids is 2. The predicted molar refractivity (Wildman–Crippen MR) is 130 cm³/mol. The molecule has 0 unspecified atom stereocenters. The van der Waals surface area contributed by atoms with Crippen LogP contribution < -0.4 is 10.6 Å². The van der Waals surface area contributed by atoms with Gasteiger partial charge in [0.15, 0.2) is 0 Å². The van der Waals surface area contributed by atoms with Crippen LogP contribution in [0.3, 0.4) is 0 Å². The van der Waals surface area contributed by atoms with Crippen LogP contribution in [-0.2, 0) is 4.79 Å². The number of para-hydroxylation sites is 1. The third-order valence-electron chi connectivity index (χ3n) is 6.41. The Balaban J connectivity index is 1.34. The molecular formula is C25H24N8O2. The van der Waals surface area contributed by atoms with Crippen LogP contribution in [0.4, 0.5) is 11.4 Å². The zero-order valence-electron chi connectivity index (χ0n) is 19.0. The van der Waals surface area contributed by atoms with E-state index < -0.39 is 0 Å². The van der Waals surface area contributed by atoms with Gasteiger partial charge in [-0.2, -0.15) is 10.5 Å². The van der Waals surface area contributed by atoms with Crippen molar-refractivity contribution in [3.05, 3.63) is 53.7 Å². The number of amides is 2. The van der Waals surface area contributed by atoms with Gasteiger partial charge in [-0.15, -0.1) is 10.2 Å². The first-order valence-corrected chi connectivity index (χ1v) is 11.6. The third-order valence-corrected chi connectivity index (χ3v) is 6.41. The molecule has 0 radical (unpaired) electrons. The summed E-state index contributed by atoms with van der Waals surface area (Å²) in [6.45, 7) is 0. The van der Waals surface area contributed by atoms with E-state index in [4.69, 9.17) is 0 Å². The maximum Gasteiger partial charge on any atom is 0.272 e. The second-order valence-corrected chi connectivity index (χ2v) is 8.75. The largest absolute Gasteiger partial charge is 0.349 e. The minimum Gasteiger partial charge on any atom is -0.349 e. The maximum absolute atomic E-state index is 13.1. The number of fused-ring (bicyclic) bond motifs is 1. The predicted octanol–water partition coefficient (Wildman–Crippen LogP) is 4.38. The van der Waals surface area contributed by atoms with E-state index in [1.54, 1.807) is 24.3 Å². The number of nitriles is 1. The number of aromatic nitrogens is 5. The van der Waals surface area contributed by atoms with Crippen molar-refractivity contribution in [1.82, 2.24) is 25.6 Å². The van der Waals surface area contributed by atoms with Crippen LogP contribution in [0, 0.1) is 17.2 Å². The third kappa shape index (κ3) is 4.89. The molecular weight excluding hydrogens is 444 g/mol. The van der Waals surface area contributed by atoms with Crippen molar-refractivity contribution in [2.75, 3.05) is 10.6 Å². The first-order chi connectivity index (χ1) is 17.1. The Kier molecular flexibility index (Phi) is 6.22. The van der Waals surface area contributed by atoms with E-state index in [-0.39, 0.29) is 17.6 Å². The molecule has 2 aromatic carbocycles. The molecule has 1 aliphatic rings. The fraction of sp³-hybridized carbons (Fsp3) is 0.280. The average Bonchev–Trinajstić information content (AvgIpc) is 3.65. The number of hydrogen-bond donors (Lipinski definition) is 4. The molecule has 0 aliphatic heterocycles. The summed E-state index contributed by atoms with van der Waals surface area (Å²) in [6, 6.07) is 14.2. The number of nitrogens with zero attached hydrogens (tertiary/aromatic N) is 4. The van der Waals surface area contributed by atoms with Crippen LogP contribution in [0.1, 0.15) is 54.6 Å². The van der Waals surface area contributed by atoms with E-state index in [0.29, 0.717) is 46.1 Å². The standard InChI is InChI=1S/C25H24N8O2/c26-14-16-8-10-19(18(12-16)24-30-32-33-31-24)29-25(35)21-13-17-6-3-7-20(23(17)28-21)27-22(34)11-9-15-4-1-2-5-15/h3,6-8,10,12-13,15,28H,1-2,4-5,9,11H2,(H,27,34)(H,29,35)(H,30,31,32,33). The molecule has 1 aliphatic carbocycles. The number of anilines is 2. The first-order valence-electron chi connectivity index (χ1n) is 11.6. The van der Waals surface area contributed by atoms with E-state index in [1.807, 2.05) is 18.2 Å². The summed E-state index contributed by atoms with van der Waals surface area (Å²) in [6.07, 6.45) is 6.35. The highest BCUT2D eigenvalue weighted by molar-refractivity contribution is 6.09. The fourth-order valence-electron chi connectivity index (χ4n) is 4.60. The highest BCUT2D eigenvalue weighted by atomic mass is 16.2. The van der Waals surface area contributed by atoms with Gasteiger partial charge in [-0.05, 0) is 47.9 Å². The molecule has 4 N–H and O–H groups in total. The number of H-pyrrole nitrogens is 2. The van der Waals surface area contributed by atoms with Gasteiger partial charge in [0.2, 0.25) is 11.7 Å². The highest BCUT2D eigenvalue weighted by Crippen LogP contribution is 2.30. The number of hydrogen-bond acceptors (Lipinski definition) is 6. The molecule has 176 valence electrons. The quantitative estimate of drug-likeness (QED) is 0.316. The van der Waals surface area contributed by atoms with Crippen LogP contribution in [0.25, 0.3) is 22.3 Å². The SMILES string of the molecule is N#Cc1ccc(NC(=O)c2cc3cccc(NC(=O)CCC4CCCC4)c3[nH]2)c(-c2nn[nH]n2)c1. The Hall–Kier alpha value is -4.52. The molecule has 10 nitrogen and oxygen atoms in total. The molecule has 0 saturated heterocycles. The monoisotopic (exact) mass is 468 g/mol. The number of carbonyl (C=O) groups is 2. The second-order valence-electron chi connectivity index (χ2n) is 8.75.